The first-order valence-electron chi connectivity index (χ1n) is 11.5. The zero-order valence-electron chi connectivity index (χ0n) is 19.1. The van der Waals surface area contributed by atoms with Gasteiger partial charge in [-0.2, -0.15) is 0 Å². The lowest BCUT2D eigenvalue weighted by Crippen LogP contribution is -2.26. The molecule has 0 spiro atoms. The highest BCUT2D eigenvalue weighted by atomic mass is 127. The Kier molecular flexibility index (Phi) is 5.73. The highest BCUT2D eigenvalue weighted by molar-refractivity contribution is 14.1. The van der Waals surface area contributed by atoms with Crippen LogP contribution >= 0.6 is 22.6 Å². The Bertz CT molecular complexity index is 1710. The van der Waals surface area contributed by atoms with Crippen LogP contribution in [0.1, 0.15) is 17.0 Å². The number of aromatic nitrogens is 2. The summed E-state index contributed by atoms with van der Waals surface area (Å²) >= 11 is 2.20. The molecular weight excluding hydrogens is 561 g/mol. The van der Waals surface area contributed by atoms with E-state index in [4.69, 9.17) is 4.98 Å². The van der Waals surface area contributed by atoms with Gasteiger partial charge in [0.25, 0.3) is 11.5 Å². The molecule has 4 aromatic carbocycles. The van der Waals surface area contributed by atoms with E-state index in [1.54, 1.807) is 15.5 Å². The Morgan fingerprint density at radius 1 is 0.806 bits per heavy atom. The number of carbonyl (C=O) groups excluding carboxylic acids is 1. The predicted molar refractivity (Wildman–Crippen MR) is 152 cm³/mol. The fraction of sp³-hybridized carbons (Fsp3) is 0.0333. The van der Waals surface area contributed by atoms with Crippen molar-refractivity contribution in [2.75, 3.05) is 4.90 Å². The number of benzene rings is 4. The number of anilines is 1. The average Bonchev–Trinajstić information content (AvgIpc) is 3.16. The maximum Gasteiger partial charge on any atom is 0.266 e. The molecule has 1 amide bonds. The zero-order chi connectivity index (χ0) is 24.6. The number of hydrogen-bond acceptors (Lipinski definition) is 3. The van der Waals surface area contributed by atoms with Gasteiger partial charge in [-0.1, -0.05) is 66.7 Å². The first kappa shape index (κ1) is 22.4. The van der Waals surface area contributed by atoms with E-state index in [1.165, 1.54) is 0 Å². The molecule has 1 aliphatic heterocycles. The minimum absolute atomic E-state index is 0.114. The monoisotopic (exact) mass is 581 g/mol. The van der Waals surface area contributed by atoms with Crippen LogP contribution in [0.25, 0.3) is 28.2 Å². The third-order valence-electron chi connectivity index (χ3n) is 6.29. The van der Waals surface area contributed by atoms with E-state index in [0.29, 0.717) is 34.5 Å². The van der Waals surface area contributed by atoms with Crippen LogP contribution in [0.15, 0.2) is 108 Å². The van der Waals surface area contributed by atoms with Gasteiger partial charge in [0, 0.05) is 9.13 Å². The van der Waals surface area contributed by atoms with Crippen LogP contribution < -0.4 is 10.5 Å². The molecule has 5 nitrogen and oxygen atoms in total. The topological polar surface area (TPSA) is 55.2 Å². The van der Waals surface area contributed by atoms with Gasteiger partial charge in [0.2, 0.25) is 0 Å². The maximum absolute atomic E-state index is 13.8. The molecule has 174 valence electrons. The molecule has 0 atom stereocenters. The van der Waals surface area contributed by atoms with Crippen molar-refractivity contribution in [3.8, 4) is 5.69 Å². The van der Waals surface area contributed by atoms with E-state index in [-0.39, 0.29) is 11.5 Å². The standard InChI is InChI=1S/C30H20IN3O2/c31-21-15-16-26-25(17-21)30(36)34(22-11-5-2-6-12-22)28(32-26)18-24-23-13-7-8-14-27(23)33(29(24)35)19-20-9-3-1-4-10-20/h1-18H,19H2. The minimum atomic E-state index is -0.170. The van der Waals surface area contributed by atoms with Crippen molar-refractivity contribution in [1.29, 1.82) is 0 Å². The predicted octanol–water partition coefficient (Wildman–Crippen LogP) is 6.08. The van der Waals surface area contributed by atoms with Crippen molar-refractivity contribution in [3.05, 3.63) is 134 Å². The molecule has 0 fully saturated rings. The van der Waals surface area contributed by atoms with Crippen molar-refractivity contribution < 1.29 is 4.79 Å². The highest BCUT2D eigenvalue weighted by Gasteiger charge is 2.32. The summed E-state index contributed by atoms with van der Waals surface area (Å²) in [4.78, 5) is 34.1. The number of halogens is 1. The van der Waals surface area contributed by atoms with Crippen molar-refractivity contribution in [2.45, 2.75) is 6.54 Å². The smallest absolute Gasteiger partial charge is 0.266 e. The molecule has 1 aromatic heterocycles. The molecule has 0 bridgehead atoms. The van der Waals surface area contributed by atoms with Gasteiger partial charge >= 0.3 is 0 Å². The Morgan fingerprint density at radius 2 is 1.50 bits per heavy atom. The Balaban J connectivity index is 1.56. The number of fused-ring (bicyclic) bond motifs is 2. The Morgan fingerprint density at radius 3 is 2.28 bits per heavy atom. The summed E-state index contributed by atoms with van der Waals surface area (Å²) in [5, 5.41) is 0.539. The number of amides is 1. The molecule has 0 radical (unpaired) electrons. The van der Waals surface area contributed by atoms with Gasteiger partial charge in [-0.3, -0.25) is 14.2 Å². The largest absolute Gasteiger partial charge is 0.303 e. The summed E-state index contributed by atoms with van der Waals surface area (Å²) in [6, 6.07) is 32.7. The average molecular weight is 581 g/mol. The molecule has 5 aromatic rings. The van der Waals surface area contributed by atoms with E-state index in [2.05, 4.69) is 22.6 Å². The lowest BCUT2D eigenvalue weighted by Gasteiger charge is -2.17. The lowest BCUT2D eigenvalue weighted by atomic mass is 10.1. The highest BCUT2D eigenvalue weighted by Crippen LogP contribution is 2.38. The molecule has 6 heteroatoms. The minimum Gasteiger partial charge on any atom is -0.303 e. The second-order valence-electron chi connectivity index (χ2n) is 8.56. The Hall–Kier alpha value is -4.04. The maximum atomic E-state index is 13.8. The van der Waals surface area contributed by atoms with Crippen LogP contribution in [0.5, 0.6) is 0 Å². The van der Waals surface area contributed by atoms with Crippen LogP contribution in [0.3, 0.4) is 0 Å². The van der Waals surface area contributed by atoms with E-state index < -0.39 is 0 Å². The molecule has 0 N–H and O–H groups in total. The molecule has 0 saturated heterocycles. The molecule has 2 heterocycles. The third kappa shape index (κ3) is 3.93. The van der Waals surface area contributed by atoms with Crippen LogP contribution in [-0.4, -0.2) is 15.5 Å². The number of hydrogen-bond donors (Lipinski definition) is 0. The second-order valence-corrected chi connectivity index (χ2v) is 9.81. The number of para-hydroxylation sites is 2. The number of rotatable bonds is 4. The summed E-state index contributed by atoms with van der Waals surface area (Å²) in [7, 11) is 0. The second kappa shape index (κ2) is 9.20. The molecule has 0 saturated carbocycles. The van der Waals surface area contributed by atoms with Crippen molar-refractivity contribution in [1.82, 2.24) is 9.55 Å². The first-order valence-corrected chi connectivity index (χ1v) is 12.6. The summed E-state index contributed by atoms with van der Waals surface area (Å²) in [6.45, 7) is 0.461. The fourth-order valence-corrected chi connectivity index (χ4v) is 5.09. The van der Waals surface area contributed by atoms with Crippen LogP contribution in [0.4, 0.5) is 5.69 Å². The van der Waals surface area contributed by atoms with Crippen molar-refractivity contribution >= 4 is 56.7 Å². The van der Waals surface area contributed by atoms with E-state index in [0.717, 1.165) is 20.4 Å². The SMILES string of the molecule is O=C1C(=Cc2nc3ccc(I)cc3c(=O)n2-c2ccccc2)c2ccccc2N1Cc1ccccc1. The lowest BCUT2D eigenvalue weighted by molar-refractivity contribution is -0.113. The number of nitrogens with zero attached hydrogens (tertiary/aromatic N) is 3. The molecule has 1 aliphatic rings. The molecule has 0 aliphatic carbocycles. The third-order valence-corrected chi connectivity index (χ3v) is 6.96. The summed E-state index contributed by atoms with van der Waals surface area (Å²) < 4.78 is 2.54. The molecule has 0 unspecified atom stereocenters. The first-order chi connectivity index (χ1) is 17.6. The normalized spacial score (nSPS) is 14.0. The van der Waals surface area contributed by atoms with Crippen molar-refractivity contribution in [3.63, 3.8) is 0 Å². The van der Waals surface area contributed by atoms with Gasteiger partial charge in [-0.15, -0.1) is 0 Å². The van der Waals surface area contributed by atoms with E-state index in [9.17, 15) is 9.59 Å². The molecule has 36 heavy (non-hydrogen) atoms. The number of carbonyl (C=O) groups is 1. The van der Waals surface area contributed by atoms with Gasteiger partial charge in [0.05, 0.1) is 34.4 Å². The summed E-state index contributed by atoms with van der Waals surface area (Å²) in [6.07, 6.45) is 1.75. The summed E-state index contributed by atoms with van der Waals surface area (Å²) in [5.41, 5.74) is 4.36. The van der Waals surface area contributed by atoms with Gasteiger partial charge in [-0.05, 0) is 70.6 Å². The van der Waals surface area contributed by atoms with Crippen LogP contribution in [0, 0.1) is 3.57 Å². The van der Waals surface area contributed by atoms with Gasteiger partial charge in [0.1, 0.15) is 5.82 Å². The zero-order valence-corrected chi connectivity index (χ0v) is 21.3. The van der Waals surface area contributed by atoms with Gasteiger partial charge in [0.15, 0.2) is 0 Å². The Labute approximate surface area is 221 Å². The quantitative estimate of drug-likeness (QED) is 0.191. The fourth-order valence-electron chi connectivity index (χ4n) is 4.60. The van der Waals surface area contributed by atoms with Crippen LogP contribution in [-0.2, 0) is 11.3 Å². The molecule has 6 rings (SSSR count). The van der Waals surface area contributed by atoms with E-state index >= 15 is 0 Å². The van der Waals surface area contributed by atoms with Crippen molar-refractivity contribution in [2.24, 2.45) is 0 Å². The van der Waals surface area contributed by atoms with Gasteiger partial charge in [-0.25, -0.2) is 4.98 Å². The van der Waals surface area contributed by atoms with E-state index in [1.807, 2.05) is 103 Å². The van der Waals surface area contributed by atoms with Gasteiger partial charge < -0.3 is 4.90 Å². The molecular formula is C30H20IN3O2. The summed E-state index contributed by atoms with van der Waals surface area (Å²) in [5.74, 6) is 0.302. The van der Waals surface area contributed by atoms with Crippen LogP contribution in [0.2, 0.25) is 0 Å².